The minimum absolute atomic E-state index is 0.0509. The number of carboxylic acid groups (broad SMARTS) is 1. The molecule has 0 radical (unpaired) electrons. The van der Waals surface area contributed by atoms with Crippen molar-refractivity contribution in [3.8, 4) is 0 Å². The van der Waals surface area contributed by atoms with E-state index < -0.39 is 12.1 Å². The molecule has 6 nitrogen and oxygen atoms in total. The first-order valence-corrected chi connectivity index (χ1v) is 3.10. The molecule has 0 aliphatic carbocycles. The lowest BCUT2D eigenvalue weighted by molar-refractivity contribution is -0.133. The molecule has 0 atom stereocenters. The minimum Gasteiger partial charge on any atom is -0.475 e. The van der Waals surface area contributed by atoms with E-state index in [1.807, 2.05) is 0 Å². The number of carboxylic acids is 1. The first kappa shape index (κ1) is 10.3. The fourth-order valence-corrected chi connectivity index (χ4v) is 0.273. The summed E-state index contributed by atoms with van der Waals surface area (Å²) in [5.41, 5.74) is 4.54. The first-order chi connectivity index (χ1) is 5.57. The SMILES string of the molecule is CCOC(N)=O.O=C(O)C1=CO1. The number of ether oxygens (including phenoxy) is 2. The molecular formula is C6H9NO5. The summed E-state index contributed by atoms with van der Waals surface area (Å²) in [5, 5.41) is 7.86. The van der Waals surface area contributed by atoms with Crippen LogP contribution in [0.5, 0.6) is 0 Å². The highest BCUT2D eigenvalue weighted by Gasteiger charge is 2.17. The van der Waals surface area contributed by atoms with Crippen molar-refractivity contribution in [1.82, 2.24) is 0 Å². The van der Waals surface area contributed by atoms with Crippen LogP contribution in [0.25, 0.3) is 0 Å². The average Bonchev–Trinajstić information content (AvgIpc) is 2.67. The predicted octanol–water partition coefficient (Wildman–Crippen LogP) is 0.0442. The van der Waals surface area contributed by atoms with Crippen LogP contribution >= 0.6 is 0 Å². The van der Waals surface area contributed by atoms with E-state index in [0.717, 1.165) is 0 Å². The van der Waals surface area contributed by atoms with E-state index >= 15 is 0 Å². The van der Waals surface area contributed by atoms with Crippen molar-refractivity contribution < 1.29 is 24.2 Å². The molecule has 3 N–H and O–H groups in total. The van der Waals surface area contributed by atoms with Gasteiger partial charge in [0, 0.05) is 0 Å². The summed E-state index contributed by atoms with van der Waals surface area (Å²) in [4.78, 5) is 19.2. The second kappa shape index (κ2) is 5.00. The molecule has 0 aromatic rings. The Morgan fingerprint density at radius 1 is 1.75 bits per heavy atom. The van der Waals surface area contributed by atoms with Crippen molar-refractivity contribution in [3.05, 3.63) is 12.0 Å². The normalized spacial score (nSPS) is 11.2. The van der Waals surface area contributed by atoms with E-state index in [1.54, 1.807) is 6.92 Å². The van der Waals surface area contributed by atoms with Gasteiger partial charge in [-0.05, 0) is 6.92 Å². The van der Waals surface area contributed by atoms with Crippen molar-refractivity contribution in [1.29, 1.82) is 0 Å². The number of nitrogens with two attached hydrogens (primary N) is 1. The molecule has 0 aromatic carbocycles. The Morgan fingerprint density at radius 3 is 2.25 bits per heavy atom. The monoisotopic (exact) mass is 175 g/mol. The molecule has 12 heavy (non-hydrogen) atoms. The maximum Gasteiger partial charge on any atom is 0.404 e. The van der Waals surface area contributed by atoms with Crippen LogP contribution in [0.3, 0.4) is 0 Å². The lowest BCUT2D eigenvalue weighted by Gasteiger charge is -1.89. The predicted molar refractivity (Wildman–Crippen MR) is 38.0 cm³/mol. The lowest BCUT2D eigenvalue weighted by Crippen LogP contribution is -2.11. The average molecular weight is 175 g/mol. The zero-order valence-electron chi connectivity index (χ0n) is 6.44. The van der Waals surface area contributed by atoms with Crippen LogP contribution in [-0.4, -0.2) is 23.8 Å². The maximum absolute atomic E-state index is 9.60. The van der Waals surface area contributed by atoms with Crippen LogP contribution in [0.1, 0.15) is 6.92 Å². The first-order valence-electron chi connectivity index (χ1n) is 3.10. The summed E-state index contributed by atoms with van der Waals surface area (Å²) in [7, 11) is 0. The van der Waals surface area contributed by atoms with Crippen molar-refractivity contribution in [2.45, 2.75) is 6.92 Å². The fraction of sp³-hybridized carbons (Fsp3) is 0.333. The van der Waals surface area contributed by atoms with E-state index in [9.17, 15) is 9.59 Å². The molecule has 0 saturated heterocycles. The van der Waals surface area contributed by atoms with Crippen LogP contribution in [0, 0.1) is 0 Å². The van der Waals surface area contributed by atoms with E-state index in [1.165, 1.54) is 6.26 Å². The number of carbonyl (C=O) groups is 2. The third-order valence-electron chi connectivity index (χ3n) is 0.733. The van der Waals surface area contributed by atoms with Gasteiger partial charge in [-0.15, -0.1) is 0 Å². The Kier molecular flexibility index (Phi) is 4.28. The van der Waals surface area contributed by atoms with Gasteiger partial charge in [0.05, 0.1) is 6.61 Å². The Labute approximate surface area is 68.6 Å². The topological polar surface area (TPSA) is 102 Å². The van der Waals surface area contributed by atoms with Crippen molar-refractivity contribution >= 4 is 12.1 Å². The van der Waals surface area contributed by atoms with Gasteiger partial charge in [0.15, 0.2) is 0 Å². The van der Waals surface area contributed by atoms with Gasteiger partial charge in [-0.2, -0.15) is 0 Å². The van der Waals surface area contributed by atoms with Crippen molar-refractivity contribution in [3.63, 3.8) is 0 Å². The summed E-state index contributed by atoms with van der Waals surface area (Å²) in [5.74, 6) is -0.940. The molecular weight excluding hydrogens is 166 g/mol. The van der Waals surface area contributed by atoms with Crippen LogP contribution in [0.4, 0.5) is 4.79 Å². The molecule has 0 unspecified atom stereocenters. The molecule has 1 heterocycles. The molecule has 0 aromatic heterocycles. The van der Waals surface area contributed by atoms with E-state index in [2.05, 4.69) is 15.2 Å². The Bertz CT molecular complexity index is 210. The summed E-state index contributed by atoms with van der Waals surface area (Å²) in [6.07, 6.45) is 0.472. The largest absolute Gasteiger partial charge is 0.475 e. The third-order valence-corrected chi connectivity index (χ3v) is 0.733. The molecule has 0 spiro atoms. The molecule has 1 rings (SSSR count). The lowest BCUT2D eigenvalue weighted by atomic mass is 10.7. The van der Waals surface area contributed by atoms with Gasteiger partial charge < -0.3 is 20.3 Å². The van der Waals surface area contributed by atoms with E-state index in [0.29, 0.717) is 6.61 Å². The second-order valence-corrected chi connectivity index (χ2v) is 1.66. The van der Waals surface area contributed by atoms with Gasteiger partial charge in [0.25, 0.3) is 0 Å². The molecule has 68 valence electrons. The zero-order chi connectivity index (χ0) is 9.56. The van der Waals surface area contributed by atoms with Gasteiger partial charge in [0.1, 0.15) is 6.26 Å². The number of rotatable bonds is 2. The van der Waals surface area contributed by atoms with E-state index in [4.69, 9.17) is 5.11 Å². The maximum atomic E-state index is 9.60. The highest BCUT2D eigenvalue weighted by atomic mass is 16.6. The minimum atomic E-state index is -0.991. The van der Waals surface area contributed by atoms with Crippen LogP contribution < -0.4 is 5.73 Å². The highest BCUT2D eigenvalue weighted by Crippen LogP contribution is 2.11. The number of carbonyl (C=O) groups excluding carboxylic acids is 1. The van der Waals surface area contributed by atoms with Crippen molar-refractivity contribution in [2.75, 3.05) is 6.61 Å². The smallest absolute Gasteiger partial charge is 0.404 e. The number of primary amides is 1. The van der Waals surface area contributed by atoms with Gasteiger partial charge in [-0.25, -0.2) is 9.59 Å². The highest BCUT2D eigenvalue weighted by molar-refractivity contribution is 5.86. The molecule has 0 saturated carbocycles. The standard InChI is InChI=1S/C3H7NO2.C3H2O3/c1-2-6-3(4)5;4-3(5)2-1-6-2/h2H2,1H3,(H2,4,5);1H,(H,4,5). The van der Waals surface area contributed by atoms with Gasteiger partial charge in [-0.1, -0.05) is 0 Å². The summed E-state index contributed by atoms with van der Waals surface area (Å²) < 4.78 is 8.34. The number of hydrogen-bond acceptors (Lipinski definition) is 4. The number of hydrogen-bond donors (Lipinski definition) is 2. The molecule has 1 aliphatic rings. The zero-order valence-corrected chi connectivity index (χ0v) is 6.44. The van der Waals surface area contributed by atoms with Crippen molar-refractivity contribution in [2.24, 2.45) is 5.73 Å². The molecule has 0 bridgehead atoms. The summed E-state index contributed by atoms with van der Waals surface area (Å²) >= 11 is 0. The van der Waals surface area contributed by atoms with Gasteiger partial charge in [0.2, 0.25) is 5.76 Å². The van der Waals surface area contributed by atoms with Gasteiger partial charge >= 0.3 is 12.1 Å². The molecule has 0 fully saturated rings. The summed E-state index contributed by atoms with van der Waals surface area (Å²) in [6, 6.07) is 0. The van der Waals surface area contributed by atoms with Crippen LogP contribution in [0.2, 0.25) is 0 Å². The molecule has 1 amide bonds. The third kappa shape index (κ3) is 6.40. The fourth-order valence-electron chi connectivity index (χ4n) is 0.273. The van der Waals surface area contributed by atoms with Gasteiger partial charge in [-0.3, -0.25) is 0 Å². The number of amides is 1. The molecule has 6 heteroatoms. The Morgan fingerprint density at radius 2 is 2.25 bits per heavy atom. The van der Waals surface area contributed by atoms with E-state index in [-0.39, 0.29) is 5.76 Å². The number of aliphatic carboxylic acids is 1. The summed E-state index contributed by atoms with van der Waals surface area (Å²) in [6.45, 7) is 2.06. The molecule has 1 aliphatic heterocycles. The quantitative estimate of drug-likeness (QED) is 0.617. The van der Waals surface area contributed by atoms with Crippen LogP contribution in [-0.2, 0) is 14.3 Å². The Balaban J connectivity index is 0.000000202. The van der Waals surface area contributed by atoms with Crippen LogP contribution in [0.15, 0.2) is 12.0 Å². The second-order valence-electron chi connectivity index (χ2n) is 1.66. The Hall–Kier alpha value is -1.72.